The lowest BCUT2D eigenvalue weighted by Gasteiger charge is -2.00. The molecule has 0 unspecified atom stereocenters. The van der Waals surface area contributed by atoms with Crippen LogP contribution in [0.2, 0.25) is 0 Å². The summed E-state index contributed by atoms with van der Waals surface area (Å²) in [6.45, 7) is 0. The van der Waals surface area contributed by atoms with E-state index in [1.54, 1.807) is 12.1 Å². The molecule has 0 fully saturated rings. The van der Waals surface area contributed by atoms with Crippen molar-refractivity contribution in [3.63, 3.8) is 0 Å². The largest absolute Gasteiger partial charge is 0.507 e. The van der Waals surface area contributed by atoms with E-state index in [0.717, 1.165) is 16.5 Å². The Morgan fingerprint density at radius 3 is 2.38 bits per heavy atom. The van der Waals surface area contributed by atoms with E-state index in [4.69, 9.17) is 4.42 Å². The van der Waals surface area contributed by atoms with E-state index in [0.29, 0.717) is 11.3 Å². The van der Waals surface area contributed by atoms with Crippen molar-refractivity contribution in [1.82, 2.24) is 0 Å². The first kappa shape index (κ1) is 14.3. The van der Waals surface area contributed by atoms with Gasteiger partial charge in [0.15, 0.2) is 0 Å². The van der Waals surface area contributed by atoms with Gasteiger partial charge in [0, 0.05) is 17.0 Å². The summed E-state index contributed by atoms with van der Waals surface area (Å²) >= 11 is 0. The van der Waals surface area contributed by atoms with E-state index in [-0.39, 0.29) is 5.63 Å². The molecule has 0 atom stereocenters. The van der Waals surface area contributed by atoms with Crippen molar-refractivity contribution < 1.29 is 9.52 Å². The molecule has 0 saturated heterocycles. The topological polar surface area (TPSA) is 50.4 Å². The summed E-state index contributed by atoms with van der Waals surface area (Å²) in [4.78, 5) is 10.7. The van der Waals surface area contributed by atoms with Crippen LogP contribution in [0.3, 0.4) is 0 Å². The summed E-state index contributed by atoms with van der Waals surface area (Å²) in [7, 11) is 0. The van der Waals surface area contributed by atoms with E-state index in [2.05, 4.69) is 12.1 Å². The fourth-order valence-corrected chi connectivity index (χ4v) is 2.94. The molecule has 1 heterocycles. The Morgan fingerprint density at radius 2 is 1.50 bits per heavy atom. The lowest BCUT2D eigenvalue weighted by atomic mass is 10.0. The van der Waals surface area contributed by atoms with Crippen molar-refractivity contribution in [3.05, 3.63) is 94.3 Å². The smallest absolute Gasteiger partial charge is 0.336 e. The minimum atomic E-state index is -0.302. The first-order valence-electron chi connectivity index (χ1n) is 7.64. The highest BCUT2D eigenvalue weighted by atomic mass is 16.4. The standard InChI is InChI=1S/C12H8O.C9H6O2/c13-11-7-9-5-1-3-8-4-2-6-10(11)12(8)9;10-9-6-5-7-3-1-2-4-8(7)11-9/h1-7,13H;1-6H. The lowest BCUT2D eigenvalue weighted by molar-refractivity contribution is 0.517. The average molecular weight is 314 g/mol. The Morgan fingerprint density at radius 1 is 0.750 bits per heavy atom. The van der Waals surface area contributed by atoms with Crippen LogP contribution in [0.25, 0.3) is 33.6 Å². The molecule has 116 valence electrons. The Kier molecular flexibility index (Phi) is 3.39. The highest BCUT2D eigenvalue weighted by Gasteiger charge is 2.14. The molecule has 0 saturated carbocycles. The number of benzene rings is 3. The number of rotatable bonds is 0. The molecule has 0 radical (unpaired) electrons. The molecule has 3 heteroatoms. The van der Waals surface area contributed by atoms with Crippen LogP contribution in [0.5, 0.6) is 0 Å². The third-order valence-corrected chi connectivity index (χ3v) is 4.03. The minimum absolute atomic E-state index is 0.302. The number of hydrogen-bond donors (Lipinski definition) is 1. The van der Waals surface area contributed by atoms with Crippen molar-refractivity contribution in [2.24, 2.45) is 0 Å². The molecule has 24 heavy (non-hydrogen) atoms. The third kappa shape index (κ3) is 2.46. The Hall–Kier alpha value is -3.33. The maximum atomic E-state index is 10.7. The molecule has 0 spiro atoms. The fourth-order valence-electron chi connectivity index (χ4n) is 2.94. The van der Waals surface area contributed by atoms with Gasteiger partial charge in [0.2, 0.25) is 0 Å². The summed E-state index contributed by atoms with van der Waals surface area (Å²) in [6.07, 6.45) is 1.82. The minimum Gasteiger partial charge on any atom is -0.507 e. The molecule has 0 bridgehead atoms. The summed E-state index contributed by atoms with van der Waals surface area (Å²) < 4.78 is 4.91. The second kappa shape index (κ2) is 5.70. The number of hydrogen-bond acceptors (Lipinski definition) is 3. The monoisotopic (exact) mass is 314 g/mol. The van der Waals surface area contributed by atoms with Crippen LogP contribution >= 0.6 is 0 Å². The number of para-hydroxylation sites is 1. The van der Waals surface area contributed by atoms with E-state index in [9.17, 15) is 9.90 Å². The number of aliphatic hydroxyl groups is 1. The molecule has 1 N–H and O–H groups in total. The molecule has 0 amide bonds. The van der Waals surface area contributed by atoms with Gasteiger partial charge in [-0.05, 0) is 34.5 Å². The molecular weight excluding hydrogens is 300 g/mol. The van der Waals surface area contributed by atoms with Crippen LogP contribution in [0.4, 0.5) is 0 Å². The van der Waals surface area contributed by atoms with E-state index in [1.807, 2.05) is 48.5 Å². The average Bonchev–Trinajstić information content (AvgIpc) is 2.94. The van der Waals surface area contributed by atoms with Gasteiger partial charge in [0.05, 0.1) is 0 Å². The second-order valence-electron chi connectivity index (χ2n) is 5.57. The molecule has 1 aromatic heterocycles. The summed E-state index contributed by atoms with van der Waals surface area (Å²) in [6, 6.07) is 22.7. The van der Waals surface area contributed by atoms with Gasteiger partial charge >= 0.3 is 5.63 Å². The second-order valence-corrected chi connectivity index (χ2v) is 5.57. The van der Waals surface area contributed by atoms with Crippen molar-refractivity contribution in [2.75, 3.05) is 0 Å². The zero-order valence-corrected chi connectivity index (χ0v) is 12.8. The summed E-state index contributed by atoms with van der Waals surface area (Å²) in [5, 5.41) is 12.9. The van der Waals surface area contributed by atoms with Crippen molar-refractivity contribution in [3.8, 4) is 0 Å². The van der Waals surface area contributed by atoms with Gasteiger partial charge in [0.1, 0.15) is 11.3 Å². The predicted molar refractivity (Wildman–Crippen MR) is 96.9 cm³/mol. The lowest BCUT2D eigenvalue weighted by Crippen LogP contribution is -1.93. The van der Waals surface area contributed by atoms with Gasteiger partial charge in [0.25, 0.3) is 0 Å². The van der Waals surface area contributed by atoms with Crippen LogP contribution < -0.4 is 5.63 Å². The molecule has 1 aliphatic carbocycles. The summed E-state index contributed by atoms with van der Waals surface area (Å²) in [5.41, 5.74) is 2.41. The van der Waals surface area contributed by atoms with Crippen LogP contribution in [0.15, 0.2) is 82.0 Å². The first-order chi connectivity index (χ1) is 11.7. The molecule has 0 aliphatic heterocycles. The molecule has 4 aromatic rings. The van der Waals surface area contributed by atoms with Crippen molar-refractivity contribution in [2.45, 2.75) is 0 Å². The zero-order chi connectivity index (χ0) is 16.5. The SMILES string of the molecule is O=c1ccc2ccccc2o1.OC1=Cc2cccc3cccc1c23. The third-order valence-electron chi connectivity index (χ3n) is 4.03. The number of aliphatic hydroxyl groups excluding tert-OH is 1. The maximum Gasteiger partial charge on any atom is 0.336 e. The highest BCUT2D eigenvalue weighted by molar-refractivity contribution is 6.07. The Balaban J connectivity index is 0.000000123. The Bertz CT molecular complexity index is 1130. The molecule has 3 nitrogen and oxygen atoms in total. The van der Waals surface area contributed by atoms with E-state index >= 15 is 0 Å². The van der Waals surface area contributed by atoms with Crippen LogP contribution in [-0.2, 0) is 0 Å². The van der Waals surface area contributed by atoms with Gasteiger partial charge in [-0.15, -0.1) is 0 Å². The van der Waals surface area contributed by atoms with Crippen LogP contribution in [0, 0.1) is 0 Å². The molecule has 5 rings (SSSR count). The molecule has 1 aliphatic rings. The first-order valence-corrected chi connectivity index (χ1v) is 7.64. The van der Waals surface area contributed by atoms with E-state index in [1.165, 1.54) is 16.8 Å². The maximum absolute atomic E-state index is 10.7. The predicted octanol–water partition coefficient (Wildman–Crippen LogP) is 5.00. The molecule has 3 aromatic carbocycles. The summed E-state index contributed by atoms with van der Waals surface area (Å²) in [5.74, 6) is 0.381. The van der Waals surface area contributed by atoms with Gasteiger partial charge in [-0.25, -0.2) is 4.79 Å². The quantitative estimate of drug-likeness (QED) is 0.465. The van der Waals surface area contributed by atoms with Gasteiger partial charge in [-0.2, -0.15) is 0 Å². The highest BCUT2D eigenvalue weighted by Crippen LogP contribution is 2.34. The fraction of sp³-hybridized carbons (Fsp3) is 0. The number of fused-ring (bicyclic) bond motifs is 1. The van der Waals surface area contributed by atoms with Crippen molar-refractivity contribution >= 4 is 33.6 Å². The Labute approximate surface area is 138 Å². The van der Waals surface area contributed by atoms with Crippen molar-refractivity contribution in [1.29, 1.82) is 0 Å². The normalized spacial score (nSPS) is 11.9. The van der Waals surface area contributed by atoms with Crippen LogP contribution in [-0.4, -0.2) is 5.11 Å². The van der Waals surface area contributed by atoms with Gasteiger partial charge < -0.3 is 9.52 Å². The van der Waals surface area contributed by atoms with Gasteiger partial charge in [-0.3, -0.25) is 0 Å². The van der Waals surface area contributed by atoms with E-state index < -0.39 is 0 Å². The van der Waals surface area contributed by atoms with Crippen LogP contribution in [0.1, 0.15) is 11.1 Å². The molecular formula is C21H14O3. The van der Waals surface area contributed by atoms with Gasteiger partial charge in [-0.1, -0.05) is 54.6 Å². The zero-order valence-electron chi connectivity index (χ0n) is 12.8.